The molecule has 2 aromatic heterocycles. The summed E-state index contributed by atoms with van der Waals surface area (Å²) in [5.74, 6) is 0. The Hall–Kier alpha value is -1.26. The molecule has 0 radical (unpaired) electrons. The van der Waals surface area contributed by atoms with Crippen molar-refractivity contribution in [2.24, 2.45) is 0 Å². The molecule has 1 N–H and O–H groups in total. The third-order valence-corrected chi connectivity index (χ3v) is 3.30. The van der Waals surface area contributed by atoms with E-state index in [1.165, 1.54) is 10.6 Å². The molecule has 0 bridgehead atoms. The maximum atomic E-state index is 4.50. The number of hydrogen-bond acceptors (Lipinski definition) is 4. The minimum atomic E-state index is 0.825. The van der Waals surface area contributed by atoms with Gasteiger partial charge in [0.2, 0.25) is 0 Å². The first-order valence-corrected chi connectivity index (χ1v) is 6.29. The van der Waals surface area contributed by atoms with Crippen LogP contribution in [-0.2, 0) is 19.5 Å². The van der Waals surface area contributed by atoms with Crippen LogP contribution >= 0.6 is 11.3 Å². The zero-order valence-electron chi connectivity index (χ0n) is 9.31. The average Bonchev–Trinajstić information content (AvgIpc) is 2.78. The summed E-state index contributed by atoms with van der Waals surface area (Å²) in [5.41, 5.74) is 2.33. The SMILES string of the molecule is CCc1nc(CNCc2cccnc2)cs1. The molecule has 0 aliphatic heterocycles. The third-order valence-electron chi connectivity index (χ3n) is 2.26. The smallest absolute Gasteiger partial charge is 0.0926 e. The van der Waals surface area contributed by atoms with Gasteiger partial charge in [-0.1, -0.05) is 13.0 Å². The number of aromatic nitrogens is 2. The van der Waals surface area contributed by atoms with E-state index in [0.717, 1.165) is 25.2 Å². The van der Waals surface area contributed by atoms with Gasteiger partial charge in [0, 0.05) is 30.9 Å². The summed E-state index contributed by atoms with van der Waals surface area (Å²) in [6.07, 6.45) is 4.69. The maximum Gasteiger partial charge on any atom is 0.0926 e. The van der Waals surface area contributed by atoms with Crippen molar-refractivity contribution in [2.45, 2.75) is 26.4 Å². The molecule has 16 heavy (non-hydrogen) atoms. The van der Waals surface area contributed by atoms with Gasteiger partial charge >= 0.3 is 0 Å². The highest BCUT2D eigenvalue weighted by molar-refractivity contribution is 7.09. The lowest BCUT2D eigenvalue weighted by Gasteiger charge is -2.01. The first-order chi connectivity index (χ1) is 7.88. The van der Waals surface area contributed by atoms with Gasteiger partial charge in [0.05, 0.1) is 10.7 Å². The van der Waals surface area contributed by atoms with Crippen LogP contribution in [0, 0.1) is 0 Å². The molecular formula is C12H15N3S. The van der Waals surface area contributed by atoms with Crippen molar-refractivity contribution in [1.82, 2.24) is 15.3 Å². The number of nitrogens with zero attached hydrogens (tertiary/aromatic N) is 2. The van der Waals surface area contributed by atoms with Crippen molar-refractivity contribution in [3.05, 3.63) is 46.2 Å². The van der Waals surface area contributed by atoms with Crippen molar-refractivity contribution < 1.29 is 0 Å². The molecule has 4 heteroatoms. The van der Waals surface area contributed by atoms with Gasteiger partial charge in [-0.2, -0.15) is 0 Å². The normalized spacial score (nSPS) is 10.6. The Morgan fingerprint density at radius 1 is 1.38 bits per heavy atom. The molecule has 2 rings (SSSR count). The molecule has 0 unspecified atom stereocenters. The number of aryl methyl sites for hydroxylation is 1. The molecule has 0 fully saturated rings. The molecule has 2 heterocycles. The van der Waals surface area contributed by atoms with Gasteiger partial charge in [0.25, 0.3) is 0 Å². The Morgan fingerprint density at radius 2 is 2.31 bits per heavy atom. The zero-order chi connectivity index (χ0) is 11.2. The molecule has 0 saturated heterocycles. The van der Waals surface area contributed by atoms with E-state index in [1.807, 2.05) is 12.3 Å². The summed E-state index contributed by atoms with van der Waals surface area (Å²) in [4.78, 5) is 8.57. The van der Waals surface area contributed by atoms with E-state index in [9.17, 15) is 0 Å². The number of thiazole rings is 1. The first kappa shape index (κ1) is 11.2. The lowest BCUT2D eigenvalue weighted by atomic mass is 10.3. The Balaban J connectivity index is 1.80. The van der Waals surface area contributed by atoms with Crippen molar-refractivity contribution in [1.29, 1.82) is 0 Å². The molecule has 0 aliphatic carbocycles. The van der Waals surface area contributed by atoms with E-state index in [4.69, 9.17) is 0 Å². The molecule has 0 atom stereocenters. The van der Waals surface area contributed by atoms with E-state index in [1.54, 1.807) is 17.5 Å². The number of hydrogen-bond donors (Lipinski definition) is 1. The van der Waals surface area contributed by atoms with Crippen LogP contribution in [-0.4, -0.2) is 9.97 Å². The van der Waals surface area contributed by atoms with Crippen LogP contribution < -0.4 is 5.32 Å². The molecule has 0 amide bonds. The van der Waals surface area contributed by atoms with Gasteiger partial charge < -0.3 is 5.32 Å². The Labute approximate surface area is 99.6 Å². The van der Waals surface area contributed by atoms with E-state index in [0.29, 0.717) is 0 Å². The summed E-state index contributed by atoms with van der Waals surface area (Å²) >= 11 is 1.73. The topological polar surface area (TPSA) is 37.8 Å². The molecule has 84 valence electrons. The standard InChI is InChI=1S/C12H15N3S/c1-2-12-15-11(9-16-12)8-14-7-10-4-3-5-13-6-10/h3-6,9,14H,2,7-8H2,1H3. The predicted octanol–water partition coefficient (Wildman–Crippen LogP) is 2.39. The Morgan fingerprint density at radius 3 is 3.00 bits per heavy atom. The molecule has 0 spiro atoms. The minimum Gasteiger partial charge on any atom is -0.307 e. The van der Waals surface area contributed by atoms with Crippen molar-refractivity contribution in [3.63, 3.8) is 0 Å². The van der Waals surface area contributed by atoms with Gasteiger partial charge in [-0.05, 0) is 18.1 Å². The zero-order valence-corrected chi connectivity index (χ0v) is 10.1. The largest absolute Gasteiger partial charge is 0.307 e. The second-order valence-corrected chi connectivity index (χ2v) is 4.49. The highest BCUT2D eigenvalue weighted by atomic mass is 32.1. The highest BCUT2D eigenvalue weighted by Crippen LogP contribution is 2.09. The Bertz CT molecular complexity index is 425. The van der Waals surface area contributed by atoms with Crippen molar-refractivity contribution >= 4 is 11.3 Å². The average molecular weight is 233 g/mol. The number of rotatable bonds is 5. The van der Waals surface area contributed by atoms with Crippen LogP contribution in [0.5, 0.6) is 0 Å². The van der Waals surface area contributed by atoms with Crippen LogP contribution in [0.1, 0.15) is 23.2 Å². The molecule has 0 saturated carbocycles. The molecule has 3 nitrogen and oxygen atoms in total. The maximum absolute atomic E-state index is 4.50. The number of pyridine rings is 1. The van der Waals surface area contributed by atoms with Gasteiger partial charge in [-0.3, -0.25) is 4.98 Å². The molecule has 2 aromatic rings. The fraction of sp³-hybridized carbons (Fsp3) is 0.333. The predicted molar refractivity (Wildman–Crippen MR) is 66.3 cm³/mol. The van der Waals surface area contributed by atoms with Crippen LogP contribution in [0.3, 0.4) is 0 Å². The van der Waals surface area contributed by atoms with Crippen molar-refractivity contribution in [3.8, 4) is 0 Å². The second kappa shape index (κ2) is 5.72. The quantitative estimate of drug-likeness (QED) is 0.861. The minimum absolute atomic E-state index is 0.825. The van der Waals surface area contributed by atoms with Crippen LogP contribution in [0.25, 0.3) is 0 Å². The molecule has 0 aliphatic rings. The summed E-state index contributed by atoms with van der Waals surface area (Å²) < 4.78 is 0. The summed E-state index contributed by atoms with van der Waals surface area (Å²) in [5, 5.41) is 6.69. The molecular weight excluding hydrogens is 218 g/mol. The van der Waals surface area contributed by atoms with Crippen molar-refractivity contribution in [2.75, 3.05) is 0 Å². The van der Waals surface area contributed by atoms with Gasteiger partial charge in [-0.15, -0.1) is 11.3 Å². The van der Waals surface area contributed by atoms with Crippen LogP contribution in [0.2, 0.25) is 0 Å². The van der Waals surface area contributed by atoms with E-state index in [-0.39, 0.29) is 0 Å². The first-order valence-electron chi connectivity index (χ1n) is 5.41. The number of nitrogens with one attached hydrogen (secondary N) is 1. The van der Waals surface area contributed by atoms with Gasteiger partial charge in [0.1, 0.15) is 0 Å². The fourth-order valence-electron chi connectivity index (χ4n) is 1.43. The fourth-order valence-corrected chi connectivity index (χ4v) is 2.17. The highest BCUT2D eigenvalue weighted by Gasteiger charge is 1.99. The van der Waals surface area contributed by atoms with Gasteiger partial charge in [-0.25, -0.2) is 4.98 Å². The monoisotopic (exact) mass is 233 g/mol. The van der Waals surface area contributed by atoms with E-state index >= 15 is 0 Å². The van der Waals surface area contributed by atoms with Gasteiger partial charge in [0.15, 0.2) is 0 Å². The van der Waals surface area contributed by atoms with E-state index < -0.39 is 0 Å². The third kappa shape index (κ3) is 3.12. The summed E-state index contributed by atoms with van der Waals surface area (Å²) in [6, 6.07) is 4.02. The lowest BCUT2D eigenvalue weighted by Crippen LogP contribution is -2.13. The summed E-state index contributed by atoms with van der Waals surface area (Å²) in [6.45, 7) is 3.80. The lowest BCUT2D eigenvalue weighted by molar-refractivity contribution is 0.679. The molecule has 0 aromatic carbocycles. The van der Waals surface area contributed by atoms with Crippen LogP contribution in [0.15, 0.2) is 29.9 Å². The second-order valence-electron chi connectivity index (χ2n) is 3.55. The van der Waals surface area contributed by atoms with Crippen LogP contribution in [0.4, 0.5) is 0 Å². The van der Waals surface area contributed by atoms with E-state index in [2.05, 4.69) is 33.7 Å². The Kier molecular flexibility index (Phi) is 4.02. The summed E-state index contributed by atoms with van der Waals surface area (Å²) in [7, 11) is 0.